The summed E-state index contributed by atoms with van der Waals surface area (Å²) in [4.78, 5) is 7.07. The minimum absolute atomic E-state index is 0.126. The molecule has 1 heterocycles. The lowest BCUT2D eigenvalue weighted by Crippen LogP contribution is -2.48. The molecule has 2 aromatic rings. The monoisotopic (exact) mass is 418 g/mol. The molecule has 1 atom stereocenters. The van der Waals surface area contributed by atoms with E-state index in [1.807, 2.05) is 18.3 Å². The summed E-state index contributed by atoms with van der Waals surface area (Å²) in [6.45, 7) is 10.2. The molecule has 150 valence electrons. The van der Waals surface area contributed by atoms with Crippen LogP contribution in [0.4, 0.5) is 11.4 Å². The van der Waals surface area contributed by atoms with E-state index in [0.29, 0.717) is 21.7 Å². The lowest BCUT2D eigenvalue weighted by molar-refractivity contribution is 0.376. The molecule has 1 aliphatic rings. The fourth-order valence-electron chi connectivity index (χ4n) is 4.15. The highest BCUT2D eigenvalue weighted by atomic mass is 35.5. The van der Waals surface area contributed by atoms with Gasteiger partial charge in [0, 0.05) is 29.5 Å². The maximum absolute atomic E-state index is 6.65. The molecular weight excluding hydrogens is 391 g/mol. The zero-order valence-electron chi connectivity index (χ0n) is 17.2. The van der Waals surface area contributed by atoms with Gasteiger partial charge in [-0.15, -0.1) is 0 Å². The predicted octanol–water partition coefficient (Wildman–Crippen LogP) is 7.25. The van der Waals surface area contributed by atoms with Crippen LogP contribution in [0.3, 0.4) is 0 Å². The molecule has 0 N–H and O–H groups in total. The van der Waals surface area contributed by atoms with Crippen molar-refractivity contribution in [3.05, 3.63) is 51.5 Å². The molecule has 0 saturated heterocycles. The Morgan fingerprint density at radius 3 is 2.61 bits per heavy atom. The summed E-state index contributed by atoms with van der Waals surface area (Å²) in [5.74, 6) is 1.11. The summed E-state index contributed by atoms with van der Waals surface area (Å²) in [6.07, 6.45) is 4.04. The highest BCUT2D eigenvalue weighted by molar-refractivity contribution is 6.33. The molecule has 0 fully saturated rings. The van der Waals surface area contributed by atoms with Crippen LogP contribution in [0.25, 0.3) is 0 Å². The van der Waals surface area contributed by atoms with Crippen molar-refractivity contribution in [2.45, 2.75) is 52.0 Å². The fraction of sp³-hybridized carbons (Fsp3) is 0.435. The molecule has 28 heavy (non-hydrogen) atoms. The molecule has 0 aromatic heterocycles. The number of rotatable bonds is 5. The van der Waals surface area contributed by atoms with Crippen LogP contribution < -0.4 is 9.64 Å². The predicted molar refractivity (Wildman–Crippen MR) is 121 cm³/mol. The zero-order chi connectivity index (χ0) is 20.5. The number of hydrogen-bond acceptors (Lipinski definition) is 3. The number of hydrogen-bond donors (Lipinski definition) is 0. The van der Waals surface area contributed by atoms with Gasteiger partial charge in [0.05, 0.1) is 22.8 Å². The number of fused-ring (bicyclic) bond motifs is 1. The zero-order valence-corrected chi connectivity index (χ0v) is 18.7. The summed E-state index contributed by atoms with van der Waals surface area (Å²) in [7, 11) is 1.60. The maximum Gasteiger partial charge on any atom is 0.137 e. The third-order valence-corrected chi connectivity index (χ3v) is 6.06. The Kier molecular flexibility index (Phi) is 6.26. The van der Waals surface area contributed by atoms with Crippen molar-refractivity contribution in [1.82, 2.24) is 0 Å². The Hall–Kier alpha value is -1.71. The van der Waals surface area contributed by atoms with Crippen LogP contribution in [0.15, 0.2) is 35.3 Å². The minimum Gasteiger partial charge on any atom is -0.495 e. The van der Waals surface area contributed by atoms with E-state index in [9.17, 15) is 0 Å². The van der Waals surface area contributed by atoms with Crippen molar-refractivity contribution < 1.29 is 4.74 Å². The Balaban J connectivity index is 1.97. The smallest absolute Gasteiger partial charge is 0.137 e. The van der Waals surface area contributed by atoms with Gasteiger partial charge in [-0.2, -0.15) is 0 Å². The molecule has 3 nitrogen and oxygen atoms in total. The van der Waals surface area contributed by atoms with E-state index in [1.165, 1.54) is 11.3 Å². The Bertz CT molecular complexity index is 892. The van der Waals surface area contributed by atoms with Crippen molar-refractivity contribution >= 4 is 40.8 Å². The minimum atomic E-state index is 0.126. The molecule has 0 saturated carbocycles. The molecule has 2 aromatic carbocycles. The van der Waals surface area contributed by atoms with Crippen molar-refractivity contribution in [3.63, 3.8) is 0 Å². The third-order valence-electron chi connectivity index (χ3n) is 5.44. The van der Waals surface area contributed by atoms with Crippen molar-refractivity contribution in [2.24, 2.45) is 4.99 Å². The van der Waals surface area contributed by atoms with E-state index < -0.39 is 0 Å². The van der Waals surface area contributed by atoms with E-state index in [2.05, 4.69) is 49.7 Å². The molecule has 1 unspecified atom stereocenters. The van der Waals surface area contributed by atoms with Crippen LogP contribution in [-0.2, 0) is 0 Å². The number of ether oxygens (including phenoxy) is 1. The number of benzene rings is 2. The van der Waals surface area contributed by atoms with Crippen LogP contribution in [-0.4, -0.2) is 25.4 Å². The first-order chi connectivity index (χ1) is 13.3. The fourth-order valence-corrected chi connectivity index (χ4v) is 4.61. The number of anilines is 1. The second-order valence-corrected chi connectivity index (χ2v) is 8.89. The highest BCUT2D eigenvalue weighted by Crippen LogP contribution is 2.45. The van der Waals surface area contributed by atoms with Gasteiger partial charge in [-0.05, 0) is 68.5 Å². The number of methoxy groups -OCH3 is 1. The van der Waals surface area contributed by atoms with Gasteiger partial charge < -0.3 is 9.64 Å². The van der Waals surface area contributed by atoms with Crippen LogP contribution in [0.5, 0.6) is 5.75 Å². The maximum atomic E-state index is 6.65. The van der Waals surface area contributed by atoms with E-state index in [0.717, 1.165) is 30.6 Å². The molecule has 0 aliphatic carbocycles. The van der Waals surface area contributed by atoms with Gasteiger partial charge in [0.1, 0.15) is 5.75 Å². The van der Waals surface area contributed by atoms with E-state index in [-0.39, 0.29) is 5.54 Å². The van der Waals surface area contributed by atoms with E-state index in [1.54, 1.807) is 13.2 Å². The molecule has 1 aliphatic heterocycles. The molecule has 0 amide bonds. The average Bonchev–Trinajstić information content (AvgIpc) is 2.63. The Labute approximate surface area is 178 Å². The molecule has 0 spiro atoms. The third kappa shape index (κ3) is 4.16. The average molecular weight is 419 g/mol. The molecular formula is C23H28Cl2N2O. The van der Waals surface area contributed by atoms with Gasteiger partial charge in [0.15, 0.2) is 0 Å². The van der Waals surface area contributed by atoms with Crippen molar-refractivity contribution in [3.8, 4) is 5.75 Å². The van der Waals surface area contributed by atoms with Gasteiger partial charge >= 0.3 is 0 Å². The van der Waals surface area contributed by atoms with Crippen LogP contribution in [0.2, 0.25) is 10.0 Å². The summed E-state index contributed by atoms with van der Waals surface area (Å²) in [5.41, 5.74) is 4.41. The van der Waals surface area contributed by atoms with Gasteiger partial charge in [-0.25, -0.2) is 0 Å². The molecule has 0 bridgehead atoms. The van der Waals surface area contributed by atoms with Crippen molar-refractivity contribution in [2.75, 3.05) is 18.6 Å². The van der Waals surface area contributed by atoms with Crippen LogP contribution in [0.1, 0.15) is 57.6 Å². The van der Waals surface area contributed by atoms with Crippen LogP contribution >= 0.6 is 23.2 Å². The highest BCUT2D eigenvalue weighted by Gasteiger charge is 2.36. The van der Waals surface area contributed by atoms with Crippen LogP contribution in [0, 0.1) is 0 Å². The number of nitrogens with zero attached hydrogens (tertiary/aromatic N) is 2. The van der Waals surface area contributed by atoms with Gasteiger partial charge in [-0.1, -0.05) is 37.0 Å². The lowest BCUT2D eigenvalue weighted by Gasteiger charge is -2.47. The Morgan fingerprint density at radius 1 is 1.21 bits per heavy atom. The quantitative estimate of drug-likeness (QED) is 0.477. The molecule has 3 rings (SSSR count). The first-order valence-electron chi connectivity index (χ1n) is 9.75. The van der Waals surface area contributed by atoms with Gasteiger partial charge in [-0.3, -0.25) is 4.99 Å². The first-order valence-corrected chi connectivity index (χ1v) is 10.5. The second-order valence-electron chi connectivity index (χ2n) is 8.08. The summed E-state index contributed by atoms with van der Waals surface area (Å²) >= 11 is 12.8. The largest absolute Gasteiger partial charge is 0.495 e. The lowest BCUT2D eigenvalue weighted by atomic mass is 9.79. The Morgan fingerprint density at radius 2 is 1.96 bits per heavy atom. The summed E-state index contributed by atoms with van der Waals surface area (Å²) in [5, 5.41) is 1.26. The SMILES string of the molecule is CCCN1c2cc(Cl)c(C=Nc3ccc(OC)c(Cl)c3)cc2C(C)CC1(C)C. The topological polar surface area (TPSA) is 24.8 Å². The van der Waals surface area contributed by atoms with E-state index in [4.69, 9.17) is 27.9 Å². The summed E-state index contributed by atoms with van der Waals surface area (Å²) < 4.78 is 5.19. The number of halogens is 2. The molecule has 0 radical (unpaired) electrons. The van der Waals surface area contributed by atoms with Gasteiger partial charge in [0.25, 0.3) is 0 Å². The van der Waals surface area contributed by atoms with Crippen molar-refractivity contribution in [1.29, 1.82) is 0 Å². The number of aliphatic imine (C=N–C) groups is 1. The molecule has 5 heteroatoms. The van der Waals surface area contributed by atoms with Gasteiger partial charge in [0.2, 0.25) is 0 Å². The summed E-state index contributed by atoms with van der Waals surface area (Å²) in [6, 6.07) is 9.77. The standard InChI is InChI=1S/C23H28Cl2N2O/c1-6-9-27-21-12-19(24)16(10-18(21)15(2)13-23(27,3)4)14-26-17-7-8-22(28-5)20(25)11-17/h7-8,10-12,14-15H,6,9,13H2,1-5H3. The first kappa shape index (κ1) is 21.0. The normalized spacial score (nSPS) is 18.4. The van der Waals surface area contributed by atoms with E-state index >= 15 is 0 Å². The second kappa shape index (κ2) is 8.34.